The number of nitriles is 1. The fourth-order valence-corrected chi connectivity index (χ4v) is 1.03. The highest BCUT2D eigenvalue weighted by Crippen LogP contribution is 1.85. The molecule has 40 valence electrons. The lowest BCUT2D eigenvalue weighted by Crippen LogP contribution is -2.28. The summed E-state index contributed by atoms with van der Waals surface area (Å²) >= 11 is 1.59. The van der Waals surface area contributed by atoms with Gasteiger partial charge in [0, 0.05) is 0 Å². The van der Waals surface area contributed by atoms with Crippen LogP contribution in [-0.4, -0.2) is 0 Å². The molecule has 0 atom stereocenters. The summed E-state index contributed by atoms with van der Waals surface area (Å²) in [4.78, 5) is 0. The van der Waals surface area contributed by atoms with Crippen molar-refractivity contribution in [2.75, 3.05) is 0 Å². The maximum absolute atomic E-state index is 8.17. The maximum atomic E-state index is 8.17. The van der Waals surface area contributed by atoms with Gasteiger partial charge in [0.2, 0.25) is 12.1 Å². The van der Waals surface area contributed by atoms with Crippen molar-refractivity contribution in [3.63, 3.8) is 0 Å². The van der Waals surface area contributed by atoms with E-state index in [1.54, 1.807) is 11.3 Å². The Hall–Kier alpha value is -0.880. The molecule has 0 amide bonds. The predicted octanol–water partition coefficient (Wildman–Crippen LogP) is 0.559. The second-order valence-corrected chi connectivity index (χ2v) is 2.11. The zero-order chi connectivity index (χ0) is 5.82. The van der Waals surface area contributed by atoms with Gasteiger partial charge in [-0.15, -0.1) is 0 Å². The zero-order valence-electron chi connectivity index (χ0n) is 4.24. The molecule has 0 unspecified atom stereocenters. The van der Waals surface area contributed by atoms with Gasteiger partial charge >= 0.3 is 0 Å². The molecule has 1 aromatic rings. The summed E-state index contributed by atoms with van der Waals surface area (Å²) in [6.45, 7) is 0.462. The number of thiazole rings is 1. The molecule has 0 aliphatic rings. The van der Waals surface area contributed by atoms with Gasteiger partial charge < -0.3 is 0 Å². The maximum Gasteiger partial charge on any atom is 0.234 e. The Kier molecular flexibility index (Phi) is 1.60. The lowest BCUT2D eigenvalue weighted by molar-refractivity contribution is -0.680. The minimum atomic E-state index is 0.462. The van der Waals surface area contributed by atoms with Gasteiger partial charge in [0.25, 0.3) is 0 Å². The highest BCUT2D eigenvalue weighted by molar-refractivity contribution is 7.07. The first-order valence-electron chi connectivity index (χ1n) is 2.21. The highest BCUT2D eigenvalue weighted by Gasteiger charge is 1.93. The monoisotopic (exact) mass is 125 g/mol. The summed E-state index contributed by atoms with van der Waals surface area (Å²) in [6.07, 6.45) is 1.88. The molecular weight excluding hydrogens is 120 g/mol. The summed E-state index contributed by atoms with van der Waals surface area (Å²) in [5, 5.41) is 10.1. The van der Waals surface area contributed by atoms with Crippen molar-refractivity contribution in [2.24, 2.45) is 0 Å². The average molecular weight is 125 g/mol. The first-order valence-corrected chi connectivity index (χ1v) is 3.16. The molecule has 0 fully saturated rings. The van der Waals surface area contributed by atoms with Crippen molar-refractivity contribution < 1.29 is 4.57 Å². The largest absolute Gasteiger partial charge is 0.234 e. The summed E-state index contributed by atoms with van der Waals surface area (Å²) in [5.74, 6) is 0. The molecule has 1 rings (SSSR count). The summed E-state index contributed by atoms with van der Waals surface area (Å²) < 4.78 is 1.84. The Bertz CT molecular complexity index is 185. The Morgan fingerprint density at radius 3 is 3.12 bits per heavy atom. The van der Waals surface area contributed by atoms with Crippen molar-refractivity contribution in [3.8, 4) is 6.07 Å². The second kappa shape index (κ2) is 2.43. The molecule has 2 nitrogen and oxygen atoms in total. The van der Waals surface area contributed by atoms with Crippen LogP contribution in [0.3, 0.4) is 0 Å². The second-order valence-electron chi connectivity index (χ2n) is 1.36. The lowest BCUT2D eigenvalue weighted by atomic mass is 10.7. The fourth-order valence-electron chi connectivity index (χ4n) is 0.433. The number of aromatic nitrogens is 1. The van der Waals surface area contributed by atoms with E-state index in [0.29, 0.717) is 6.54 Å². The number of hydrogen-bond acceptors (Lipinski definition) is 2. The quantitative estimate of drug-likeness (QED) is 0.504. The van der Waals surface area contributed by atoms with Gasteiger partial charge in [-0.05, 0) is 0 Å². The summed E-state index contributed by atoms with van der Waals surface area (Å²) in [7, 11) is 0. The first kappa shape index (κ1) is 5.26. The van der Waals surface area contributed by atoms with Crippen molar-refractivity contribution in [3.05, 3.63) is 17.1 Å². The Balaban J connectivity index is 2.67. The topological polar surface area (TPSA) is 27.7 Å². The van der Waals surface area contributed by atoms with Crippen molar-refractivity contribution in [1.82, 2.24) is 0 Å². The van der Waals surface area contributed by atoms with E-state index >= 15 is 0 Å². The highest BCUT2D eigenvalue weighted by atomic mass is 32.1. The van der Waals surface area contributed by atoms with E-state index in [4.69, 9.17) is 5.26 Å². The van der Waals surface area contributed by atoms with Gasteiger partial charge in [-0.2, -0.15) is 9.83 Å². The summed E-state index contributed by atoms with van der Waals surface area (Å²) in [5.41, 5.74) is 1.91. The van der Waals surface area contributed by atoms with Gasteiger partial charge in [-0.25, -0.2) is 0 Å². The summed E-state index contributed by atoms with van der Waals surface area (Å²) in [6, 6.07) is 2.04. The van der Waals surface area contributed by atoms with Crippen LogP contribution >= 0.6 is 11.3 Å². The third kappa shape index (κ3) is 1.04. The van der Waals surface area contributed by atoms with Crippen LogP contribution in [0, 0.1) is 11.3 Å². The zero-order valence-corrected chi connectivity index (χ0v) is 5.06. The molecule has 0 N–H and O–H groups in total. The molecule has 0 radical (unpaired) electrons. The van der Waals surface area contributed by atoms with Crippen molar-refractivity contribution in [1.29, 1.82) is 5.26 Å². The number of hydrogen-bond donors (Lipinski definition) is 0. The SMILES string of the molecule is N#CC[n+]1ccsc1. The van der Waals surface area contributed by atoms with Crippen LogP contribution < -0.4 is 4.57 Å². The minimum Gasteiger partial charge on any atom is -0.191 e. The van der Waals surface area contributed by atoms with Gasteiger partial charge in [-0.1, -0.05) is 11.3 Å². The molecule has 0 spiro atoms. The Morgan fingerprint density at radius 2 is 2.62 bits per heavy atom. The van der Waals surface area contributed by atoms with Crippen LogP contribution in [0.1, 0.15) is 0 Å². The molecule has 0 aliphatic carbocycles. The fraction of sp³-hybridized carbons (Fsp3) is 0.200. The van der Waals surface area contributed by atoms with Crippen LogP contribution in [0.2, 0.25) is 0 Å². The third-order valence-corrected chi connectivity index (χ3v) is 1.45. The predicted molar refractivity (Wildman–Crippen MR) is 30.1 cm³/mol. The molecule has 0 aliphatic heterocycles. The first-order chi connectivity index (χ1) is 3.93. The molecule has 0 bridgehead atoms. The van der Waals surface area contributed by atoms with Crippen LogP contribution in [0.4, 0.5) is 0 Å². The van der Waals surface area contributed by atoms with E-state index < -0.39 is 0 Å². The van der Waals surface area contributed by atoms with Gasteiger partial charge in [0.15, 0.2) is 6.20 Å². The minimum absolute atomic E-state index is 0.462. The van der Waals surface area contributed by atoms with Crippen LogP contribution in [0.15, 0.2) is 17.1 Å². The normalized spacial score (nSPS) is 8.38. The molecule has 8 heavy (non-hydrogen) atoms. The smallest absolute Gasteiger partial charge is 0.191 e. The van der Waals surface area contributed by atoms with E-state index in [1.165, 1.54) is 0 Å². The molecule has 1 heterocycles. The van der Waals surface area contributed by atoms with Crippen molar-refractivity contribution >= 4 is 11.3 Å². The Labute approximate surface area is 51.6 Å². The van der Waals surface area contributed by atoms with Crippen LogP contribution in [0.5, 0.6) is 0 Å². The standard InChI is InChI=1S/C5H5N2S/c6-1-2-7-3-4-8-5-7/h3-5H,2H2/q+1. The molecular formula is C5H5N2S+. The van der Waals surface area contributed by atoms with Crippen LogP contribution in [-0.2, 0) is 6.54 Å². The molecule has 0 aromatic carbocycles. The van der Waals surface area contributed by atoms with Gasteiger partial charge in [0.05, 0.1) is 5.38 Å². The van der Waals surface area contributed by atoms with Gasteiger partial charge in [0.1, 0.15) is 6.07 Å². The van der Waals surface area contributed by atoms with E-state index in [0.717, 1.165) is 0 Å². The van der Waals surface area contributed by atoms with Crippen LogP contribution in [0.25, 0.3) is 0 Å². The molecule has 3 heteroatoms. The molecule has 0 saturated carbocycles. The molecule has 1 aromatic heterocycles. The lowest BCUT2D eigenvalue weighted by Gasteiger charge is -1.72. The third-order valence-electron chi connectivity index (χ3n) is 0.780. The van der Waals surface area contributed by atoms with E-state index in [2.05, 4.69) is 0 Å². The number of rotatable bonds is 1. The Morgan fingerprint density at radius 1 is 1.75 bits per heavy atom. The van der Waals surface area contributed by atoms with Crippen molar-refractivity contribution in [2.45, 2.75) is 6.54 Å². The van der Waals surface area contributed by atoms with Gasteiger partial charge in [-0.3, -0.25) is 0 Å². The average Bonchev–Trinajstić information content (AvgIpc) is 2.19. The van der Waals surface area contributed by atoms with E-state index in [-0.39, 0.29) is 0 Å². The molecule has 0 saturated heterocycles. The van der Waals surface area contributed by atoms with E-state index in [1.807, 2.05) is 27.7 Å². The van der Waals surface area contributed by atoms with E-state index in [9.17, 15) is 0 Å². The number of nitrogens with zero attached hydrogens (tertiary/aromatic N) is 2.